The first kappa shape index (κ1) is 34.0. The first-order valence-corrected chi connectivity index (χ1v) is 16.8. The van der Waals surface area contributed by atoms with Gasteiger partial charge in [-0.3, -0.25) is 9.69 Å². The van der Waals surface area contributed by atoms with Crippen LogP contribution in [0.1, 0.15) is 30.9 Å². The summed E-state index contributed by atoms with van der Waals surface area (Å²) in [5.74, 6) is -0.222. The Morgan fingerprint density at radius 1 is 1.24 bits per heavy atom. The highest BCUT2D eigenvalue weighted by Gasteiger charge is 2.40. The van der Waals surface area contributed by atoms with E-state index in [1.54, 1.807) is 24.1 Å². The van der Waals surface area contributed by atoms with Gasteiger partial charge in [0.15, 0.2) is 0 Å². The summed E-state index contributed by atoms with van der Waals surface area (Å²) >= 11 is 0.979. The molecular weight excluding hydrogens is 651 g/mol. The van der Waals surface area contributed by atoms with Crippen molar-refractivity contribution in [3.63, 3.8) is 0 Å². The number of nitriles is 2. The van der Waals surface area contributed by atoms with Crippen molar-refractivity contribution >= 4 is 49.1 Å². The fourth-order valence-electron chi connectivity index (χ4n) is 7.14. The molecule has 2 saturated heterocycles. The fourth-order valence-corrected chi connectivity index (χ4v) is 8.09. The maximum absolute atomic E-state index is 15.0. The van der Waals surface area contributed by atoms with Crippen molar-refractivity contribution in [2.45, 2.75) is 44.1 Å². The van der Waals surface area contributed by atoms with Crippen LogP contribution >= 0.6 is 11.3 Å². The lowest BCUT2D eigenvalue weighted by molar-refractivity contribution is -0.127. The van der Waals surface area contributed by atoms with Crippen LogP contribution in [0, 0.1) is 28.5 Å². The third-order valence-electron chi connectivity index (χ3n) is 9.50. The van der Waals surface area contributed by atoms with Crippen molar-refractivity contribution in [2.24, 2.45) is 0 Å². The van der Waals surface area contributed by atoms with Crippen LogP contribution in [-0.4, -0.2) is 97.0 Å². The zero-order chi connectivity index (χ0) is 35.0. The average Bonchev–Trinajstić information content (AvgIpc) is 3.77. The van der Waals surface area contributed by atoms with Crippen LogP contribution < -0.4 is 15.4 Å². The number of rotatable bonds is 10. The van der Waals surface area contributed by atoms with Gasteiger partial charge in [0.2, 0.25) is 5.91 Å². The van der Waals surface area contributed by atoms with Gasteiger partial charge in [-0.05, 0) is 56.7 Å². The molecule has 2 aromatic carbocycles. The third kappa shape index (κ3) is 6.12. The lowest BCUT2D eigenvalue weighted by Gasteiger charge is -2.35. The molecule has 6 rings (SSSR count). The number of alkyl halides is 1. The molecule has 0 radical (unpaired) electrons. The number of amides is 1. The number of anilines is 2. The SMILES string of the molecule is C=CC(=O)N1CCC(N(CC)c2nc(OCC3CC(F)CN3C)nc3cc(-c4ccc(F)c5sc(N)c(C#N)c45)c(C#N)cc23)C1COC. The van der Waals surface area contributed by atoms with Crippen molar-refractivity contribution in [2.75, 3.05) is 57.6 Å². The second kappa shape index (κ2) is 13.9. The number of ether oxygens (including phenoxy) is 2. The van der Waals surface area contributed by atoms with Crippen LogP contribution in [-0.2, 0) is 9.53 Å². The predicted molar refractivity (Wildman–Crippen MR) is 185 cm³/mol. The third-order valence-corrected chi connectivity index (χ3v) is 10.5. The van der Waals surface area contributed by atoms with Gasteiger partial charge in [-0.25, -0.2) is 8.78 Å². The Morgan fingerprint density at radius 3 is 2.69 bits per heavy atom. The van der Waals surface area contributed by atoms with Gasteiger partial charge >= 0.3 is 6.01 Å². The van der Waals surface area contributed by atoms with Gasteiger partial charge in [0.25, 0.3) is 0 Å². The van der Waals surface area contributed by atoms with Gasteiger partial charge in [0.1, 0.15) is 35.5 Å². The summed E-state index contributed by atoms with van der Waals surface area (Å²) in [6, 6.07) is 9.98. The molecule has 2 N–H and O–H groups in total. The first-order valence-electron chi connectivity index (χ1n) is 16.0. The highest BCUT2D eigenvalue weighted by molar-refractivity contribution is 7.23. The number of nitrogens with two attached hydrogens (primary N) is 1. The van der Waals surface area contributed by atoms with Crippen LogP contribution in [0.5, 0.6) is 6.01 Å². The summed E-state index contributed by atoms with van der Waals surface area (Å²) in [6.07, 6.45) is 1.29. The average molecular weight is 687 g/mol. The molecule has 11 nitrogen and oxygen atoms in total. The smallest absolute Gasteiger partial charge is 0.319 e. The second-order valence-electron chi connectivity index (χ2n) is 12.2. The van der Waals surface area contributed by atoms with Gasteiger partial charge in [-0.2, -0.15) is 20.5 Å². The van der Waals surface area contributed by atoms with Crippen LogP contribution in [0.3, 0.4) is 0 Å². The normalized spacial score (nSPS) is 20.8. The molecule has 2 aliphatic rings. The van der Waals surface area contributed by atoms with E-state index in [4.69, 9.17) is 25.2 Å². The number of likely N-dealkylation sites (tertiary alicyclic amines) is 2. The van der Waals surface area contributed by atoms with Crippen molar-refractivity contribution < 1.29 is 23.0 Å². The van der Waals surface area contributed by atoms with E-state index in [1.165, 1.54) is 18.2 Å². The monoisotopic (exact) mass is 686 g/mol. The van der Waals surface area contributed by atoms with E-state index in [2.05, 4.69) is 23.6 Å². The van der Waals surface area contributed by atoms with Crippen molar-refractivity contribution in [1.82, 2.24) is 19.8 Å². The Hall–Kier alpha value is -4.89. The van der Waals surface area contributed by atoms with Gasteiger partial charge in [0, 0.05) is 49.1 Å². The molecule has 2 aromatic heterocycles. The van der Waals surface area contributed by atoms with E-state index in [-0.39, 0.29) is 64.1 Å². The number of benzene rings is 2. The number of thiophene rings is 1. The summed E-state index contributed by atoms with van der Waals surface area (Å²) in [5.41, 5.74) is 7.85. The Labute approximate surface area is 286 Å². The molecule has 1 amide bonds. The molecule has 0 aliphatic carbocycles. The van der Waals surface area contributed by atoms with Crippen LogP contribution in [0.15, 0.2) is 36.9 Å². The van der Waals surface area contributed by atoms with E-state index in [0.29, 0.717) is 65.7 Å². The fraction of sp³-hybridized carbons (Fsp3) is 0.400. The Balaban J connectivity index is 1.54. The molecule has 4 heterocycles. The molecule has 4 atom stereocenters. The zero-order valence-corrected chi connectivity index (χ0v) is 28.3. The van der Waals surface area contributed by atoms with Crippen LogP contribution in [0.2, 0.25) is 0 Å². The maximum atomic E-state index is 15.0. The Bertz CT molecular complexity index is 2020. The number of fused-ring (bicyclic) bond motifs is 2. The number of nitrogens with zero attached hydrogens (tertiary/aromatic N) is 7. The van der Waals surface area contributed by atoms with Gasteiger partial charge < -0.3 is 25.0 Å². The first-order chi connectivity index (χ1) is 23.6. The van der Waals surface area contributed by atoms with Crippen LogP contribution in [0.4, 0.5) is 19.6 Å². The summed E-state index contributed by atoms with van der Waals surface area (Å²) in [4.78, 5) is 28.2. The molecule has 254 valence electrons. The predicted octanol–water partition coefficient (Wildman–Crippen LogP) is 5.03. The van der Waals surface area contributed by atoms with E-state index in [9.17, 15) is 24.1 Å². The maximum Gasteiger partial charge on any atom is 0.319 e. The molecule has 2 aliphatic heterocycles. The Morgan fingerprint density at radius 2 is 2.04 bits per heavy atom. The molecule has 0 bridgehead atoms. The minimum absolute atomic E-state index is 0.0642. The summed E-state index contributed by atoms with van der Waals surface area (Å²) in [5, 5.41) is 21.4. The molecule has 4 aromatic rings. The van der Waals surface area contributed by atoms with Gasteiger partial charge in [-0.15, -0.1) is 11.3 Å². The molecule has 14 heteroatoms. The number of methoxy groups -OCH3 is 1. The van der Waals surface area contributed by atoms with Crippen molar-refractivity contribution in [3.8, 4) is 29.3 Å². The van der Waals surface area contributed by atoms with E-state index in [0.717, 1.165) is 11.3 Å². The molecular formula is C35H36F2N8O3S. The largest absolute Gasteiger partial charge is 0.462 e. The lowest BCUT2D eigenvalue weighted by atomic mass is 9.94. The number of hydrogen-bond donors (Lipinski definition) is 1. The van der Waals surface area contributed by atoms with E-state index >= 15 is 0 Å². The minimum Gasteiger partial charge on any atom is -0.462 e. The Kier molecular flexibility index (Phi) is 9.65. The molecule has 4 unspecified atom stereocenters. The number of halogens is 2. The van der Waals surface area contributed by atoms with Crippen molar-refractivity contribution in [1.29, 1.82) is 10.5 Å². The highest BCUT2D eigenvalue weighted by Crippen LogP contribution is 2.43. The van der Waals surface area contributed by atoms with Crippen molar-refractivity contribution in [3.05, 3.63) is 53.9 Å². The van der Waals surface area contributed by atoms with E-state index < -0.39 is 12.0 Å². The molecule has 2 fully saturated rings. The molecule has 0 spiro atoms. The summed E-state index contributed by atoms with van der Waals surface area (Å²) in [6.45, 7) is 7.38. The number of nitrogen functional groups attached to an aromatic ring is 1. The van der Waals surface area contributed by atoms with E-state index in [1.807, 2.05) is 18.9 Å². The molecule has 0 saturated carbocycles. The van der Waals surface area contributed by atoms with Gasteiger partial charge in [0.05, 0.1) is 46.1 Å². The molecule has 49 heavy (non-hydrogen) atoms. The summed E-state index contributed by atoms with van der Waals surface area (Å²) in [7, 11) is 3.43. The van der Waals surface area contributed by atoms with Crippen LogP contribution in [0.25, 0.3) is 32.1 Å². The number of hydrogen-bond acceptors (Lipinski definition) is 11. The lowest BCUT2D eigenvalue weighted by Crippen LogP contribution is -2.49. The second-order valence-corrected chi connectivity index (χ2v) is 13.3. The minimum atomic E-state index is -0.951. The zero-order valence-electron chi connectivity index (χ0n) is 27.4. The summed E-state index contributed by atoms with van der Waals surface area (Å²) < 4.78 is 41.1. The highest BCUT2D eigenvalue weighted by atomic mass is 32.1. The standard InChI is InChI=1S/C35H36F2N8O3S/c1-5-30(46)45-10-9-28(29(45)18-47-4)44(6-2)34-24-11-19(14-38)23(22-7-8-26(37)32-31(22)25(15-39)33(40)49-32)13-27(24)41-35(42-34)48-17-21-12-20(36)16-43(21)3/h5,7-8,11,13,20-21,28-29H,1,6,9-10,12,16-18,40H2,2-4H3. The topological polar surface area (TPSA) is 145 Å². The number of carbonyl (C=O) groups excluding carboxylic acids is 1. The number of carbonyl (C=O) groups is 1. The quantitative estimate of drug-likeness (QED) is 0.226. The number of likely N-dealkylation sites (N-methyl/N-ethyl adjacent to an activating group) is 2. The van der Waals surface area contributed by atoms with Gasteiger partial charge in [-0.1, -0.05) is 12.6 Å². The number of aromatic nitrogens is 2.